The fraction of sp³-hybridized carbons (Fsp3) is 0.565. The number of fused-ring (bicyclic) bond motifs is 1. The van der Waals surface area contributed by atoms with Crippen molar-refractivity contribution in [2.75, 3.05) is 26.7 Å². The van der Waals surface area contributed by atoms with E-state index in [1.807, 2.05) is 23.1 Å². The standard InChI is InChI=1S/C23H36N4O.HI/c1-4-6-7-8-11-17-26(3)23(24-5-2)25-16-12-15-22(28)27-18-20-13-9-10-14-21(20)19-27;/h4,9-10,13-14H,1,5-8,11-12,15-19H2,2-3H3,(H,24,25);1H. The summed E-state index contributed by atoms with van der Waals surface area (Å²) in [6.45, 7) is 9.87. The zero-order valence-electron chi connectivity index (χ0n) is 18.0. The summed E-state index contributed by atoms with van der Waals surface area (Å²) in [6.07, 6.45) is 7.99. The fourth-order valence-electron chi connectivity index (χ4n) is 3.47. The molecule has 29 heavy (non-hydrogen) atoms. The molecular weight excluding hydrogens is 475 g/mol. The predicted molar refractivity (Wildman–Crippen MR) is 133 cm³/mol. The zero-order valence-corrected chi connectivity index (χ0v) is 20.4. The first-order valence-corrected chi connectivity index (χ1v) is 10.6. The molecule has 0 aliphatic carbocycles. The van der Waals surface area contributed by atoms with Crippen molar-refractivity contribution in [2.24, 2.45) is 4.99 Å². The highest BCUT2D eigenvalue weighted by Crippen LogP contribution is 2.22. The molecular formula is C23H37IN4O. The summed E-state index contributed by atoms with van der Waals surface area (Å²) in [5.41, 5.74) is 2.55. The Morgan fingerprint density at radius 3 is 2.52 bits per heavy atom. The van der Waals surface area contributed by atoms with Gasteiger partial charge in [-0.25, -0.2) is 0 Å². The number of allylic oxidation sites excluding steroid dienone is 1. The van der Waals surface area contributed by atoms with E-state index in [0.717, 1.165) is 51.4 Å². The average Bonchev–Trinajstić information content (AvgIpc) is 3.14. The molecule has 0 saturated heterocycles. The summed E-state index contributed by atoms with van der Waals surface area (Å²) in [6, 6.07) is 8.31. The number of nitrogens with zero attached hydrogens (tertiary/aromatic N) is 3. The first-order valence-electron chi connectivity index (χ1n) is 10.6. The van der Waals surface area contributed by atoms with Crippen LogP contribution in [-0.4, -0.2) is 48.3 Å². The van der Waals surface area contributed by atoms with E-state index >= 15 is 0 Å². The van der Waals surface area contributed by atoms with E-state index in [-0.39, 0.29) is 29.9 Å². The topological polar surface area (TPSA) is 47.9 Å². The van der Waals surface area contributed by atoms with Crippen LogP contribution < -0.4 is 5.32 Å². The van der Waals surface area contributed by atoms with Gasteiger partial charge < -0.3 is 15.1 Å². The van der Waals surface area contributed by atoms with Crippen LogP contribution in [0.5, 0.6) is 0 Å². The van der Waals surface area contributed by atoms with E-state index in [1.54, 1.807) is 0 Å². The lowest BCUT2D eigenvalue weighted by atomic mass is 10.1. The molecule has 0 atom stereocenters. The van der Waals surface area contributed by atoms with E-state index < -0.39 is 0 Å². The second kappa shape index (κ2) is 14.4. The van der Waals surface area contributed by atoms with E-state index in [0.29, 0.717) is 13.0 Å². The summed E-state index contributed by atoms with van der Waals surface area (Å²) >= 11 is 0. The lowest BCUT2D eigenvalue weighted by Crippen LogP contribution is -2.39. The number of guanidine groups is 1. The summed E-state index contributed by atoms with van der Waals surface area (Å²) in [7, 11) is 2.08. The Bertz CT molecular complexity index is 637. The Morgan fingerprint density at radius 1 is 1.21 bits per heavy atom. The van der Waals surface area contributed by atoms with Gasteiger partial charge >= 0.3 is 0 Å². The number of halogens is 1. The van der Waals surface area contributed by atoms with Crippen LogP contribution >= 0.6 is 24.0 Å². The van der Waals surface area contributed by atoms with Gasteiger partial charge in [0, 0.05) is 46.2 Å². The van der Waals surface area contributed by atoms with Crippen LogP contribution in [0.4, 0.5) is 0 Å². The lowest BCUT2D eigenvalue weighted by molar-refractivity contribution is -0.131. The molecule has 0 spiro atoms. The van der Waals surface area contributed by atoms with Crippen molar-refractivity contribution in [3.05, 3.63) is 48.0 Å². The summed E-state index contributed by atoms with van der Waals surface area (Å²) in [4.78, 5) is 21.3. The van der Waals surface area contributed by atoms with Crippen molar-refractivity contribution < 1.29 is 4.79 Å². The Kier molecular flexibility index (Phi) is 12.7. The molecule has 2 rings (SSSR count). The number of nitrogens with one attached hydrogen (secondary N) is 1. The van der Waals surface area contributed by atoms with E-state index in [4.69, 9.17) is 4.99 Å². The second-order valence-electron chi connectivity index (χ2n) is 7.42. The number of benzene rings is 1. The highest BCUT2D eigenvalue weighted by molar-refractivity contribution is 14.0. The van der Waals surface area contributed by atoms with Crippen LogP contribution in [0.2, 0.25) is 0 Å². The predicted octanol–water partition coefficient (Wildman–Crippen LogP) is 4.57. The van der Waals surface area contributed by atoms with Crippen molar-refractivity contribution in [3.63, 3.8) is 0 Å². The van der Waals surface area contributed by atoms with Gasteiger partial charge in [-0.3, -0.25) is 9.79 Å². The second-order valence-corrected chi connectivity index (χ2v) is 7.42. The minimum atomic E-state index is 0. The molecule has 162 valence electrons. The molecule has 1 N–H and O–H groups in total. The van der Waals surface area contributed by atoms with Crippen LogP contribution in [0, 0.1) is 0 Å². The molecule has 0 aromatic heterocycles. The largest absolute Gasteiger partial charge is 0.357 e. The molecule has 0 saturated carbocycles. The third kappa shape index (κ3) is 8.76. The fourth-order valence-corrected chi connectivity index (χ4v) is 3.47. The lowest BCUT2D eigenvalue weighted by Gasteiger charge is -2.22. The highest BCUT2D eigenvalue weighted by Gasteiger charge is 2.22. The highest BCUT2D eigenvalue weighted by atomic mass is 127. The normalized spacial score (nSPS) is 12.9. The third-order valence-electron chi connectivity index (χ3n) is 5.10. The van der Waals surface area contributed by atoms with E-state index in [1.165, 1.54) is 24.0 Å². The van der Waals surface area contributed by atoms with Gasteiger partial charge in [0.1, 0.15) is 0 Å². The maximum Gasteiger partial charge on any atom is 0.223 e. The van der Waals surface area contributed by atoms with Crippen molar-refractivity contribution in [3.8, 4) is 0 Å². The van der Waals surface area contributed by atoms with Gasteiger partial charge in [0.2, 0.25) is 5.91 Å². The molecule has 1 aliphatic heterocycles. The monoisotopic (exact) mass is 512 g/mol. The Morgan fingerprint density at radius 2 is 1.90 bits per heavy atom. The molecule has 1 aliphatic rings. The van der Waals surface area contributed by atoms with Crippen molar-refractivity contribution in [1.29, 1.82) is 0 Å². The van der Waals surface area contributed by atoms with Gasteiger partial charge in [0.05, 0.1) is 0 Å². The number of unbranched alkanes of at least 4 members (excludes halogenated alkanes) is 3. The van der Waals surface area contributed by atoms with Gasteiger partial charge in [-0.2, -0.15) is 0 Å². The van der Waals surface area contributed by atoms with Gasteiger partial charge in [-0.15, -0.1) is 30.6 Å². The number of aliphatic imine (C=N–C) groups is 1. The first-order chi connectivity index (χ1) is 13.7. The average molecular weight is 512 g/mol. The van der Waals surface area contributed by atoms with E-state index in [2.05, 4.69) is 42.9 Å². The molecule has 1 aromatic carbocycles. The maximum absolute atomic E-state index is 12.5. The Balaban J connectivity index is 0.00000420. The molecule has 0 bridgehead atoms. The van der Waals surface area contributed by atoms with Gasteiger partial charge in [0.15, 0.2) is 5.96 Å². The molecule has 0 unspecified atom stereocenters. The first kappa shape index (κ1) is 25.5. The van der Waals surface area contributed by atoms with Gasteiger partial charge in [-0.1, -0.05) is 36.8 Å². The summed E-state index contributed by atoms with van der Waals surface area (Å²) < 4.78 is 0. The molecule has 1 heterocycles. The van der Waals surface area contributed by atoms with Crippen molar-refractivity contribution in [1.82, 2.24) is 15.1 Å². The van der Waals surface area contributed by atoms with Crippen LogP contribution in [0.1, 0.15) is 56.6 Å². The van der Waals surface area contributed by atoms with Crippen LogP contribution in [0.3, 0.4) is 0 Å². The zero-order chi connectivity index (χ0) is 20.2. The minimum absolute atomic E-state index is 0. The van der Waals surface area contributed by atoms with Crippen molar-refractivity contribution in [2.45, 2.75) is 58.5 Å². The molecule has 1 amide bonds. The van der Waals surface area contributed by atoms with Crippen LogP contribution in [-0.2, 0) is 17.9 Å². The SMILES string of the molecule is C=CCCCCCN(C)C(=NCCCC(=O)N1Cc2ccccc2C1)NCC.I. The smallest absolute Gasteiger partial charge is 0.223 e. The summed E-state index contributed by atoms with van der Waals surface area (Å²) in [5.74, 6) is 1.17. The number of rotatable bonds is 11. The van der Waals surface area contributed by atoms with Crippen LogP contribution in [0.15, 0.2) is 41.9 Å². The molecule has 0 radical (unpaired) electrons. The summed E-state index contributed by atoms with van der Waals surface area (Å²) in [5, 5.41) is 3.35. The number of carbonyl (C=O) groups excluding carboxylic acids is 1. The van der Waals surface area contributed by atoms with Gasteiger partial charge in [-0.05, 0) is 43.7 Å². The van der Waals surface area contributed by atoms with Crippen molar-refractivity contribution >= 4 is 35.8 Å². The van der Waals surface area contributed by atoms with E-state index in [9.17, 15) is 4.79 Å². The van der Waals surface area contributed by atoms with Gasteiger partial charge in [0.25, 0.3) is 0 Å². The Labute approximate surface area is 193 Å². The number of hydrogen-bond donors (Lipinski definition) is 1. The molecule has 5 nitrogen and oxygen atoms in total. The third-order valence-corrected chi connectivity index (χ3v) is 5.10. The molecule has 0 fully saturated rings. The number of hydrogen-bond acceptors (Lipinski definition) is 2. The quantitative estimate of drug-likeness (QED) is 0.155. The molecule has 6 heteroatoms. The number of amides is 1. The Hall–Kier alpha value is -1.57. The van der Waals surface area contributed by atoms with Crippen LogP contribution in [0.25, 0.3) is 0 Å². The number of carbonyl (C=O) groups is 1. The maximum atomic E-state index is 12.5. The molecule has 1 aromatic rings. The minimum Gasteiger partial charge on any atom is -0.357 e.